The predicted molar refractivity (Wildman–Crippen MR) is 77.2 cm³/mol. The third kappa shape index (κ3) is 2.65. The number of rotatable bonds is 4. The van der Waals surface area contributed by atoms with Gasteiger partial charge in [0.05, 0.1) is 5.52 Å². The number of likely N-dealkylation sites (tertiary alicyclic amines) is 1. The molecule has 104 valence electrons. The Hall–Kier alpha value is -1.94. The molecule has 1 N–H and O–H groups in total. The minimum absolute atomic E-state index is 0.0937. The molecule has 0 aliphatic carbocycles. The summed E-state index contributed by atoms with van der Waals surface area (Å²) in [5.74, 6) is 0.247. The number of carbonyl (C=O) groups is 1. The van der Waals surface area contributed by atoms with Crippen LogP contribution in [0.25, 0.3) is 10.9 Å². The van der Waals surface area contributed by atoms with E-state index in [0.717, 1.165) is 23.0 Å². The number of para-hydroxylation sites is 1. The van der Waals surface area contributed by atoms with Crippen molar-refractivity contribution < 1.29 is 9.90 Å². The maximum absolute atomic E-state index is 11.8. The molecule has 1 amide bonds. The maximum Gasteiger partial charge on any atom is 0.223 e. The average Bonchev–Trinajstić information content (AvgIpc) is 2.85. The van der Waals surface area contributed by atoms with Gasteiger partial charge < -0.3 is 10.0 Å². The van der Waals surface area contributed by atoms with E-state index < -0.39 is 0 Å². The summed E-state index contributed by atoms with van der Waals surface area (Å²) < 4.78 is 0. The van der Waals surface area contributed by atoms with Gasteiger partial charge in [-0.3, -0.25) is 9.78 Å². The molecule has 2 heterocycles. The largest absolute Gasteiger partial charge is 0.396 e. The summed E-state index contributed by atoms with van der Waals surface area (Å²) in [6, 6.07) is 12.1. The van der Waals surface area contributed by atoms with Crippen LogP contribution in [-0.4, -0.2) is 40.6 Å². The maximum atomic E-state index is 11.8. The molecule has 1 unspecified atom stereocenters. The lowest BCUT2D eigenvalue weighted by Crippen LogP contribution is -2.28. The molecule has 3 rings (SSSR count). The molecule has 4 heteroatoms. The van der Waals surface area contributed by atoms with E-state index in [4.69, 9.17) is 5.11 Å². The van der Waals surface area contributed by atoms with Crippen molar-refractivity contribution in [3.63, 3.8) is 0 Å². The topological polar surface area (TPSA) is 53.4 Å². The molecule has 0 bridgehead atoms. The monoisotopic (exact) mass is 270 g/mol. The second-order valence-electron chi connectivity index (χ2n) is 5.34. The van der Waals surface area contributed by atoms with E-state index in [1.54, 1.807) is 0 Å². The summed E-state index contributed by atoms with van der Waals surface area (Å²) in [6.07, 6.45) is 1.23. The normalized spacial score (nSPS) is 18.9. The highest BCUT2D eigenvalue weighted by Crippen LogP contribution is 2.18. The zero-order valence-electron chi connectivity index (χ0n) is 11.3. The van der Waals surface area contributed by atoms with E-state index >= 15 is 0 Å². The fourth-order valence-electron chi connectivity index (χ4n) is 2.69. The highest BCUT2D eigenvalue weighted by molar-refractivity contribution is 5.79. The van der Waals surface area contributed by atoms with Crippen molar-refractivity contribution in [2.45, 2.75) is 12.8 Å². The molecule has 1 aromatic carbocycles. The van der Waals surface area contributed by atoms with E-state index in [1.165, 1.54) is 0 Å². The summed E-state index contributed by atoms with van der Waals surface area (Å²) >= 11 is 0. The Labute approximate surface area is 118 Å². The van der Waals surface area contributed by atoms with Gasteiger partial charge >= 0.3 is 0 Å². The van der Waals surface area contributed by atoms with Crippen LogP contribution in [0, 0.1) is 5.92 Å². The lowest BCUT2D eigenvalue weighted by molar-refractivity contribution is -0.127. The zero-order chi connectivity index (χ0) is 13.9. The van der Waals surface area contributed by atoms with Gasteiger partial charge in [0, 0.05) is 49.5 Å². The van der Waals surface area contributed by atoms with Gasteiger partial charge in [0.1, 0.15) is 0 Å². The van der Waals surface area contributed by atoms with Crippen LogP contribution in [0.2, 0.25) is 0 Å². The fourth-order valence-corrected chi connectivity index (χ4v) is 2.69. The Morgan fingerprint density at radius 2 is 2.10 bits per heavy atom. The van der Waals surface area contributed by atoms with Gasteiger partial charge in [-0.15, -0.1) is 0 Å². The SMILES string of the molecule is O=C1CC(CO)CN1CCc1ccc2ccccc2n1. The van der Waals surface area contributed by atoms with Gasteiger partial charge in [-0.05, 0) is 12.1 Å². The van der Waals surface area contributed by atoms with Crippen molar-refractivity contribution in [1.29, 1.82) is 0 Å². The first-order valence-electron chi connectivity index (χ1n) is 6.99. The van der Waals surface area contributed by atoms with Crippen LogP contribution in [0.3, 0.4) is 0 Å². The number of carbonyl (C=O) groups excluding carboxylic acids is 1. The fraction of sp³-hybridized carbons (Fsp3) is 0.375. The van der Waals surface area contributed by atoms with Crippen LogP contribution in [0.15, 0.2) is 36.4 Å². The predicted octanol–water partition coefficient (Wildman–Crippen LogP) is 1.62. The molecule has 1 atom stereocenters. The van der Waals surface area contributed by atoms with Gasteiger partial charge in [-0.2, -0.15) is 0 Å². The van der Waals surface area contributed by atoms with Crippen LogP contribution in [0.5, 0.6) is 0 Å². The smallest absolute Gasteiger partial charge is 0.223 e. The van der Waals surface area contributed by atoms with Gasteiger partial charge in [-0.25, -0.2) is 0 Å². The number of hydrogen-bond donors (Lipinski definition) is 1. The van der Waals surface area contributed by atoms with Crippen molar-refractivity contribution >= 4 is 16.8 Å². The number of hydrogen-bond acceptors (Lipinski definition) is 3. The molecular weight excluding hydrogens is 252 g/mol. The van der Waals surface area contributed by atoms with Crippen molar-refractivity contribution in [2.24, 2.45) is 5.92 Å². The van der Waals surface area contributed by atoms with Crippen molar-refractivity contribution in [1.82, 2.24) is 9.88 Å². The summed E-state index contributed by atoms with van der Waals surface area (Å²) in [5.41, 5.74) is 2.00. The number of pyridine rings is 1. The van der Waals surface area contributed by atoms with Crippen LogP contribution in [-0.2, 0) is 11.2 Å². The number of nitrogens with zero attached hydrogens (tertiary/aromatic N) is 2. The quantitative estimate of drug-likeness (QED) is 0.918. The van der Waals surface area contributed by atoms with E-state index in [0.29, 0.717) is 19.5 Å². The van der Waals surface area contributed by atoms with Crippen LogP contribution in [0.1, 0.15) is 12.1 Å². The molecule has 1 aliphatic heterocycles. The second-order valence-corrected chi connectivity index (χ2v) is 5.34. The first kappa shape index (κ1) is 13.1. The van der Waals surface area contributed by atoms with E-state index in [2.05, 4.69) is 11.1 Å². The molecule has 0 radical (unpaired) electrons. The van der Waals surface area contributed by atoms with Crippen molar-refractivity contribution in [3.05, 3.63) is 42.1 Å². The molecule has 1 aliphatic rings. The van der Waals surface area contributed by atoms with Crippen LogP contribution in [0.4, 0.5) is 0 Å². The molecule has 4 nitrogen and oxygen atoms in total. The third-order valence-electron chi connectivity index (χ3n) is 3.85. The highest BCUT2D eigenvalue weighted by Gasteiger charge is 2.28. The number of aliphatic hydroxyl groups is 1. The molecule has 1 saturated heterocycles. The van der Waals surface area contributed by atoms with Gasteiger partial charge in [-0.1, -0.05) is 24.3 Å². The lowest BCUT2D eigenvalue weighted by atomic mass is 10.1. The molecule has 20 heavy (non-hydrogen) atoms. The second kappa shape index (κ2) is 5.59. The molecule has 1 fully saturated rings. The minimum Gasteiger partial charge on any atom is -0.396 e. The number of aromatic nitrogens is 1. The summed E-state index contributed by atoms with van der Waals surface area (Å²) in [7, 11) is 0. The Kier molecular flexibility index (Phi) is 3.65. The van der Waals surface area contributed by atoms with E-state index in [-0.39, 0.29) is 18.4 Å². The van der Waals surface area contributed by atoms with Gasteiger partial charge in [0.25, 0.3) is 0 Å². The van der Waals surface area contributed by atoms with E-state index in [9.17, 15) is 4.79 Å². The van der Waals surface area contributed by atoms with Crippen molar-refractivity contribution in [3.8, 4) is 0 Å². The average molecular weight is 270 g/mol. The molecule has 0 spiro atoms. The Balaban J connectivity index is 1.66. The standard InChI is InChI=1S/C16H18N2O2/c19-11-12-9-16(20)18(10-12)8-7-14-6-5-13-3-1-2-4-15(13)17-14/h1-6,12,19H,7-11H2. The van der Waals surface area contributed by atoms with Gasteiger partial charge in [0.15, 0.2) is 0 Å². The van der Waals surface area contributed by atoms with Crippen molar-refractivity contribution in [2.75, 3.05) is 19.7 Å². The van der Waals surface area contributed by atoms with Gasteiger partial charge in [0.2, 0.25) is 5.91 Å². The molecule has 2 aromatic rings. The number of aliphatic hydroxyl groups excluding tert-OH is 1. The lowest BCUT2D eigenvalue weighted by Gasteiger charge is -2.16. The molecule has 0 saturated carbocycles. The third-order valence-corrected chi connectivity index (χ3v) is 3.85. The Morgan fingerprint density at radius 3 is 2.90 bits per heavy atom. The number of fused-ring (bicyclic) bond motifs is 1. The highest BCUT2D eigenvalue weighted by atomic mass is 16.3. The number of benzene rings is 1. The minimum atomic E-state index is 0.0937. The molecule has 1 aromatic heterocycles. The van der Waals surface area contributed by atoms with Crippen LogP contribution >= 0.6 is 0 Å². The summed E-state index contributed by atoms with van der Waals surface area (Å²) in [6.45, 7) is 1.44. The summed E-state index contributed by atoms with van der Waals surface area (Å²) in [5, 5.41) is 10.2. The molecular formula is C16H18N2O2. The Bertz CT molecular complexity index is 627. The first-order chi connectivity index (χ1) is 9.76. The Morgan fingerprint density at radius 1 is 1.25 bits per heavy atom. The zero-order valence-corrected chi connectivity index (χ0v) is 11.3. The van der Waals surface area contributed by atoms with E-state index in [1.807, 2.05) is 35.2 Å². The first-order valence-corrected chi connectivity index (χ1v) is 6.99. The summed E-state index contributed by atoms with van der Waals surface area (Å²) in [4.78, 5) is 18.2. The number of amides is 1. The van der Waals surface area contributed by atoms with Crippen LogP contribution < -0.4 is 0 Å².